The molecule has 0 aromatic carbocycles. The largest absolute Gasteiger partial charge is 0.379 e. The highest BCUT2D eigenvalue weighted by Gasteiger charge is 2.33. The van der Waals surface area contributed by atoms with Crippen LogP contribution < -0.4 is 10.9 Å². The van der Waals surface area contributed by atoms with Crippen LogP contribution in [0.25, 0.3) is 0 Å². The average molecular weight is 214 g/mol. The van der Waals surface area contributed by atoms with E-state index in [1.807, 2.05) is 0 Å². The molecule has 1 fully saturated rings. The van der Waals surface area contributed by atoms with Gasteiger partial charge in [0.25, 0.3) is 5.56 Å². The van der Waals surface area contributed by atoms with Crippen molar-refractivity contribution in [2.45, 2.75) is 19.4 Å². The van der Waals surface area contributed by atoms with Crippen molar-refractivity contribution in [1.82, 2.24) is 9.78 Å². The fourth-order valence-corrected chi connectivity index (χ4v) is 1.56. The molecule has 2 unspecified atom stereocenters. The van der Waals surface area contributed by atoms with E-state index in [-0.39, 0.29) is 10.6 Å². The highest BCUT2D eigenvalue weighted by Crippen LogP contribution is 2.33. The van der Waals surface area contributed by atoms with E-state index in [0.29, 0.717) is 17.6 Å². The van der Waals surface area contributed by atoms with Gasteiger partial charge in [0.2, 0.25) is 0 Å². The van der Waals surface area contributed by atoms with Gasteiger partial charge in [0.15, 0.2) is 0 Å². The smallest absolute Gasteiger partial charge is 0.287 e. The Balaban J connectivity index is 2.26. The van der Waals surface area contributed by atoms with Crippen LogP contribution in [-0.4, -0.2) is 15.8 Å². The third-order valence-electron chi connectivity index (χ3n) is 2.53. The van der Waals surface area contributed by atoms with Crippen LogP contribution in [0, 0.1) is 5.92 Å². The maximum absolute atomic E-state index is 11.4. The van der Waals surface area contributed by atoms with Crippen molar-refractivity contribution in [1.29, 1.82) is 0 Å². The molecular formula is C9H12ClN3O. The first-order valence-electron chi connectivity index (χ1n) is 4.58. The molecule has 1 aliphatic carbocycles. The quantitative estimate of drug-likeness (QED) is 0.805. The van der Waals surface area contributed by atoms with E-state index < -0.39 is 0 Å². The van der Waals surface area contributed by atoms with Gasteiger partial charge >= 0.3 is 0 Å². The van der Waals surface area contributed by atoms with Crippen molar-refractivity contribution in [2.24, 2.45) is 13.0 Å². The van der Waals surface area contributed by atoms with Crippen molar-refractivity contribution in [3.05, 3.63) is 21.6 Å². The minimum Gasteiger partial charge on any atom is -0.379 e. The Morgan fingerprint density at radius 2 is 2.36 bits per heavy atom. The van der Waals surface area contributed by atoms with Crippen LogP contribution in [0.5, 0.6) is 0 Å². The van der Waals surface area contributed by atoms with Gasteiger partial charge in [-0.3, -0.25) is 4.79 Å². The third kappa shape index (κ3) is 1.62. The molecular weight excluding hydrogens is 202 g/mol. The zero-order valence-corrected chi connectivity index (χ0v) is 8.88. The molecule has 0 saturated heterocycles. The van der Waals surface area contributed by atoms with Gasteiger partial charge in [0, 0.05) is 13.1 Å². The highest BCUT2D eigenvalue weighted by molar-refractivity contribution is 6.32. The van der Waals surface area contributed by atoms with Gasteiger partial charge in [-0.15, -0.1) is 0 Å². The lowest BCUT2D eigenvalue weighted by molar-refractivity contribution is 0.707. The van der Waals surface area contributed by atoms with Crippen LogP contribution in [0.4, 0.5) is 5.69 Å². The van der Waals surface area contributed by atoms with Gasteiger partial charge in [-0.05, 0) is 12.3 Å². The van der Waals surface area contributed by atoms with E-state index in [0.717, 1.165) is 6.42 Å². The average Bonchev–Trinajstić information content (AvgIpc) is 2.83. The van der Waals surface area contributed by atoms with Crippen LogP contribution in [0.1, 0.15) is 13.3 Å². The summed E-state index contributed by atoms with van der Waals surface area (Å²) in [5.74, 6) is 0.662. The molecule has 1 N–H and O–H groups in total. The van der Waals surface area contributed by atoms with E-state index in [1.54, 1.807) is 13.2 Å². The number of aryl methyl sites for hydroxylation is 1. The lowest BCUT2D eigenvalue weighted by Crippen LogP contribution is -2.21. The van der Waals surface area contributed by atoms with Gasteiger partial charge in [-0.2, -0.15) is 5.10 Å². The van der Waals surface area contributed by atoms with Gasteiger partial charge < -0.3 is 5.32 Å². The van der Waals surface area contributed by atoms with Gasteiger partial charge in [0.05, 0.1) is 11.9 Å². The number of aromatic nitrogens is 2. The molecule has 2 atom stereocenters. The van der Waals surface area contributed by atoms with Gasteiger partial charge in [-0.1, -0.05) is 18.5 Å². The predicted molar refractivity (Wildman–Crippen MR) is 55.7 cm³/mol. The normalized spacial score (nSPS) is 24.8. The second-order valence-corrected chi connectivity index (χ2v) is 4.14. The zero-order chi connectivity index (χ0) is 10.3. The molecule has 76 valence electrons. The predicted octanol–water partition coefficient (Wildman–Crippen LogP) is 1.25. The van der Waals surface area contributed by atoms with Crippen LogP contribution in [0.15, 0.2) is 11.0 Å². The Morgan fingerprint density at radius 3 is 2.93 bits per heavy atom. The van der Waals surface area contributed by atoms with Gasteiger partial charge in [-0.25, -0.2) is 4.68 Å². The summed E-state index contributed by atoms with van der Waals surface area (Å²) >= 11 is 5.88. The molecule has 4 nitrogen and oxygen atoms in total. The highest BCUT2D eigenvalue weighted by atomic mass is 35.5. The van der Waals surface area contributed by atoms with Crippen LogP contribution in [0.3, 0.4) is 0 Å². The molecule has 1 aromatic rings. The number of anilines is 1. The number of hydrogen-bond donors (Lipinski definition) is 1. The summed E-state index contributed by atoms with van der Waals surface area (Å²) < 4.78 is 1.23. The first kappa shape index (κ1) is 9.52. The first-order chi connectivity index (χ1) is 6.59. The molecule has 0 spiro atoms. The van der Waals surface area contributed by atoms with Crippen LogP contribution >= 0.6 is 11.6 Å². The first-order valence-corrected chi connectivity index (χ1v) is 4.95. The SMILES string of the molecule is CC1CC1Nc1cnn(C)c(=O)c1Cl. The number of nitrogens with one attached hydrogen (secondary N) is 1. The minimum atomic E-state index is -0.259. The summed E-state index contributed by atoms with van der Waals surface area (Å²) in [6.45, 7) is 2.15. The van der Waals surface area contributed by atoms with Crippen LogP contribution in [-0.2, 0) is 7.05 Å². The molecule has 1 aliphatic rings. The Labute approximate surface area is 86.9 Å². The van der Waals surface area contributed by atoms with Crippen molar-refractivity contribution >= 4 is 17.3 Å². The maximum Gasteiger partial charge on any atom is 0.287 e. The second kappa shape index (κ2) is 3.28. The molecule has 0 amide bonds. The van der Waals surface area contributed by atoms with E-state index in [9.17, 15) is 4.79 Å². The van der Waals surface area contributed by atoms with E-state index >= 15 is 0 Å². The second-order valence-electron chi connectivity index (χ2n) is 3.76. The molecule has 0 aliphatic heterocycles. The number of halogens is 1. The Hall–Kier alpha value is -1.03. The summed E-state index contributed by atoms with van der Waals surface area (Å²) in [5, 5.41) is 7.32. The van der Waals surface area contributed by atoms with E-state index in [2.05, 4.69) is 17.3 Å². The fraction of sp³-hybridized carbons (Fsp3) is 0.556. The molecule has 1 aromatic heterocycles. The summed E-state index contributed by atoms with van der Waals surface area (Å²) in [7, 11) is 1.58. The zero-order valence-electron chi connectivity index (χ0n) is 8.12. The summed E-state index contributed by atoms with van der Waals surface area (Å²) in [4.78, 5) is 11.4. The molecule has 0 bridgehead atoms. The molecule has 5 heteroatoms. The van der Waals surface area contributed by atoms with Gasteiger partial charge in [0.1, 0.15) is 5.02 Å². The van der Waals surface area contributed by atoms with Crippen molar-refractivity contribution in [3.63, 3.8) is 0 Å². The van der Waals surface area contributed by atoms with E-state index in [1.165, 1.54) is 4.68 Å². The standard InChI is InChI=1S/C9H12ClN3O/c1-5-3-6(5)12-7-4-11-13(2)9(14)8(7)10/h4-6,12H,3H2,1-2H3. The molecule has 0 radical (unpaired) electrons. The van der Waals surface area contributed by atoms with Crippen LogP contribution in [0.2, 0.25) is 5.02 Å². The summed E-state index contributed by atoms with van der Waals surface area (Å²) in [6.07, 6.45) is 2.72. The lowest BCUT2D eigenvalue weighted by Gasteiger charge is -2.06. The lowest BCUT2D eigenvalue weighted by atomic mass is 10.4. The molecule has 1 heterocycles. The molecule has 2 rings (SSSR count). The fourth-order valence-electron chi connectivity index (χ4n) is 1.33. The molecule has 1 saturated carbocycles. The summed E-state index contributed by atoms with van der Waals surface area (Å²) in [5.41, 5.74) is 0.383. The van der Waals surface area contributed by atoms with E-state index in [4.69, 9.17) is 11.6 Å². The minimum absolute atomic E-state index is 0.224. The number of rotatable bonds is 2. The molecule has 14 heavy (non-hydrogen) atoms. The maximum atomic E-state index is 11.4. The Morgan fingerprint density at radius 1 is 1.71 bits per heavy atom. The monoisotopic (exact) mass is 213 g/mol. The Kier molecular flexibility index (Phi) is 2.23. The van der Waals surface area contributed by atoms with Crippen molar-refractivity contribution in [2.75, 3.05) is 5.32 Å². The Bertz CT molecular complexity index is 415. The van der Waals surface area contributed by atoms with Crippen molar-refractivity contribution < 1.29 is 0 Å². The summed E-state index contributed by atoms with van der Waals surface area (Å²) in [6, 6.07) is 0.446. The van der Waals surface area contributed by atoms with Crippen molar-refractivity contribution in [3.8, 4) is 0 Å². The topological polar surface area (TPSA) is 46.9 Å². The number of nitrogens with zero attached hydrogens (tertiary/aromatic N) is 2. The number of hydrogen-bond acceptors (Lipinski definition) is 3. The third-order valence-corrected chi connectivity index (χ3v) is 2.89.